The van der Waals surface area contributed by atoms with E-state index in [1.165, 1.54) is 0 Å². The molecule has 0 aromatic heterocycles. The van der Waals surface area contributed by atoms with Crippen LogP contribution in [0.5, 0.6) is 5.75 Å². The van der Waals surface area contributed by atoms with Crippen LogP contribution in [-0.4, -0.2) is 18.7 Å². The second kappa shape index (κ2) is 4.81. The van der Waals surface area contributed by atoms with Crippen molar-refractivity contribution in [3.63, 3.8) is 0 Å². The van der Waals surface area contributed by atoms with Crippen molar-refractivity contribution in [2.45, 2.75) is 6.42 Å². The van der Waals surface area contributed by atoms with E-state index in [-0.39, 0.29) is 5.91 Å². The summed E-state index contributed by atoms with van der Waals surface area (Å²) in [6.07, 6.45) is 0.556. The summed E-state index contributed by atoms with van der Waals surface area (Å²) in [6, 6.07) is 12.9. The first-order valence-electron chi connectivity index (χ1n) is 6.32. The normalized spacial score (nSPS) is 13.7. The number of carbonyl (C=O) groups excluding carboxylic acids is 1. The largest absolute Gasteiger partial charge is 0.497 e. The van der Waals surface area contributed by atoms with Gasteiger partial charge in [-0.3, -0.25) is 4.79 Å². The van der Waals surface area contributed by atoms with Gasteiger partial charge < -0.3 is 10.5 Å². The molecule has 4 heteroatoms. The molecule has 0 spiro atoms. The Morgan fingerprint density at radius 1 is 1.20 bits per heavy atom. The summed E-state index contributed by atoms with van der Waals surface area (Å²) in [5.74, 6) is 0.501. The molecule has 0 saturated carbocycles. The van der Waals surface area contributed by atoms with E-state index < -0.39 is 0 Å². The van der Waals surface area contributed by atoms with Gasteiger partial charge in [-0.15, -0.1) is 0 Å². The summed E-state index contributed by atoms with van der Waals surface area (Å²) in [6.45, 7) is 0. The Bertz CT molecular complexity index is 720. The van der Waals surface area contributed by atoms with Crippen LogP contribution in [0.15, 0.2) is 47.5 Å². The van der Waals surface area contributed by atoms with Crippen molar-refractivity contribution in [1.82, 2.24) is 0 Å². The van der Waals surface area contributed by atoms with E-state index in [4.69, 9.17) is 10.5 Å². The molecule has 0 aliphatic carbocycles. The predicted molar refractivity (Wildman–Crippen MR) is 78.4 cm³/mol. The highest BCUT2D eigenvalue weighted by Gasteiger charge is 2.22. The maximum Gasteiger partial charge on any atom is 0.277 e. The highest BCUT2D eigenvalue weighted by Crippen LogP contribution is 2.25. The molecule has 0 bridgehead atoms. The fourth-order valence-corrected chi connectivity index (χ4v) is 2.36. The molecule has 2 aromatic rings. The Morgan fingerprint density at radius 2 is 2.00 bits per heavy atom. The van der Waals surface area contributed by atoms with Gasteiger partial charge in [0.15, 0.2) is 0 Å². The zero-order valence-corrected chi connectivity index (χ0v) is 11.1. The number of amides is 1. The average molecular weight is 266 g/mol. The van der Waals surface area contributed by atoms with Crippen molar-refractivity contribution in [2.24, 2.45) is 4.99 Å². The molecule has 1 heterocycles. The minimum absolute atomic E-state index is 0.239. The van der Waals surface area contributed by atoms with Crippen LogP contribution in [0.2, 0.25) is 0 Å². The molecular formula is C16H14N2O2. The molecule has 1 aliphatic rings. The standard InChI is InChI=1S/C16H14N2O2/c1-20-11-5-2-4-10(8-11)15-9-13-12(16(19)18-15)6-3-7-14(13)17/h2-8H,9,17H2,1H3. The van der Waals surface area contributed by atoms with Gasteiger partial charge in [0.05, 0.1) is 12.8 Å². The number of ether oxygens (including phenoxy) is 1. The smallest absolute Gasteiger partial charge is 0.277 e. The van der Waals surface area contributed by atoms with E-state index in [1.807, 2.05) is 24.3 Å². The fraction of sp³-hybridized carbons (Fsp3) is 0.125. The van der Waals surface area contributed by atoms with Crippen molar-refractivity contribution in [2.75, 3.05) is 12.8 Å². The van der Waals surface area contributed by atoms with Gasteiger partial charge in [0.1, 0.15) is 5.75 Å². The molecule has 0 fully saturated rings. The molecule has 0 radical (unpaired) electrons. The molecule has 20 heavy (non-hydrogen) atoms. The fourth-order valence-electron chi connectivity index (χ4n) is 2.36. The van der Waals surface area contributed by atoms with Crippen LogP contribution in [0, 0.1) is 0 Å². The first-order chi connectivity index (χ1) is 9.69. The molecule has 2 aromatic carbocycles. The number of anilines is 1. The van der Waals surface area contributed by atoms with Gasteiger partial charge in [-0.25, -0.2) is 4.99 Å². The summed E-state index contributed by atoms with van der Waals surface area (Å²) >= 11 is 0. The Labute approximate surface area is 116 Å². The van der Waals surface area contributed by atoms with E-state index in [1.54, 1.807) is 25.3 Å². The second-order valence-electron chi connectivity index (χ2n) is 4.65. The highest BCUT2D eigenvalue weighted by atomic mass is 16.5. The lowest BCUT2D eigenvalue weighted by Crippen LogP contribution is -2.18. The predicted octanol–water partition coefficient (Wildman–Crippen LogP) is 2.46. The summed E-state index contributed by atoms with van der Waals surface area (Å²) in [4.78, 5) is 16.3. The molecule has 1 aliphatic heterocycles. The van der Waals surface area contributed by atoms with Gasteiger partial charge in [0.25, 0.3) is 5.91 Å². The van der Waals surface area contributed by atoms with E-state index in [9.17, 15) is 4.79 Å². The first-order valence-corrected chi connectivity index (χ1v) is 6.32. The third-order valence-electron chi connectivity index (χ3n) is 3.43. The molecule has 0 atom stereocenters. The highest BCUT2D eigenvalue weighted by molar-refractivity contribution is 6.15. The number of aliphatic imine (C=N–C) groups is 1. The molecule has 0 saturated heterocycles. The van der Waals surface area contributed by atoms with Crippen LogP contribution in [0.25, 0.3) is 0 Å². The zero-order valence-electron chi connectivity index (χ0n) is 11.1. The van der Waals surface area contributed by atoms with Crippen molar-refractivity contribution < 1.29 is 9.53 Å². The number of benzene rings is 2. The van der Waals surface area contributed by atoms with Crippen LogP contribution in [0.4, 0.5) is 5.69 Å². The molecular weight excluding hydrogens is 252 g/mol. The minimum atomic E-state index is -0.239. The number of hydrogen-bond acceptors (Lipinski definition) is 3. The summed E-state index contributed by atoms with van der Waals surface area (Å²) < 4.78 is 5.20. The Kier molecular flexibility index (Phi) is 2.99. The maximum atomic E-state index is 12.1. The molecule has 3 rings (SSSR count). The lowest BCUT2D eigenvalue weighted by atomic mass is 9.93. The number of hydrogen-bond donors (Lipinski definition) is 1. The van der Waals surface area contributed by atoms with Gasteiger partial charge in [-0.05, 0) is 29.8 Å². The van der Waals surface area contributed by atoms with Crippen molar-refractivity contribution in [3.8, 4) is 5.75 Å². The van der Waals surface area contributed by atoms with Crippen LogP contribution < -0.4 is 10.5 Å². The summed E-state index contributed by atoms with van der Waals surface area (Å²) in [5, 5.41) is 0. The molecule has 2 N–H and O–H groups in total. The van der Waals surface area contributed by atoms with Gasteiger partial charge in [-0.2, -0.15) is 0 Å². The van der Waals surface area contributed by atoms with Crippen LogP contribution in [-0.2, 0) is 6.42 Å². The van der Waals surface area contributed by atoms with Crippen molar-refractivity contribution in [3.05, 3.63) is 59.2 Å². The van der Waals surface area contributed by atoms with Gasteiger partial charge in [-0.1, -0.05) is 18.2 Å². The third kappa shape index (κ3) is 2.05. The van der Waals surface area contributed by atoms with Crippen LogP contribution in [0.1, 0.15) is 21.5 Å². The zero-order chi connectivity index (χ0) is 14.1. The minimum Gasteiger partial charge on any atom is -0.497 e. The number of carbonyl (C=O) groups is 1. The number of fused-ring (bicyclic) bond motifs is 1. The molecule has 0 unspecified atom stereocenters. The van der Waals surface area contributed by atoms with Gasteiger partial charge in [0, 0.05) is 23.2 Å². The maximum absolute atomic E-state index is 12.1. The number of nitrogens with two attached hydrogens (primary N) is 1. The number of nitrogens with zero attached hydrogens (tertiary/aromatic N) is 1. The van der Waals surface area contributed by atoms with Crippen LogP contribution >= 0.6 is 0 Å². The summed E-state index contributed by atoms with van der Waals surface area (Å²) in [5.41, 5.74) is 9.65. The lowest BCUT2D eigenvalue weighted by molar-refractivity contribution is 0.100. The molecule has 4 nitrogen and oxygen atoms in total. The average Bonchev–Trinajstić information content (AvgIpc) is 2.48. The monoisotopic (exact) mass is 266 g/mol. The Hall–Kier alpha value is -2.62. The molecule has 1 amide bonds. The number of nitrogen functional groups attached to an aromatic ring is 1. The topological polar surface area (TPSA) is 64.7 Å². The Morgan fingerprint density at radius 3 is 2.80 bits per heavy atom. The quantitative estimate of drug-likeness (QED) is 0.849. The lowest BCUT2D eigenvalue weighted by Gasteiger charge is -2.17. The van der Waals surface area contributed by atoms with Gasteiger partial charge >= 0.3 is 0 Å². The number of rotatable bonds is 2. The van der Waals surface area contributed by atoms with E-state index in [0.29, 0.717) is 17.7 Å². The first kappa shape index (κ1) is 12.4. The van der Waals surface area contributed by atoms with E-state index >= 15 is 0 Å². The SMILES string of the molecule is COc1cccc(C2=NC(=O)c3cccc(N)c3C2)c1. The molecule has 100 valence electrons. The Balaban J connectivity index is 2.05. The van der Waals surface area contributed by atoms with E-state index in [2.05, 4.69) is 4.99 Å². The summed E-state index contributed by atoms with van der Waals surface area (Å²) in [7, 11) is 1.61. The van der Waals surface area contributed by atoms with Crippen molar-refractivity contribution >= 4 is 17.3 Å². The second-order valence-corrected chi connectivity index (χ2v) is 4.65. The van der Waals surface area contributed by atoms with Crippen LogP contribution in [0.3, 0.4) is 0 Å². The number of methoxy groups -OCH3 is 1. The van der Waals surface area contributed by atoms with Crippen molar-refractivity contribution in [1.29, 1.82) is 0 Å². The third-order valence-corrected chi connectivity index (χ3v) is 3.43. The van der Waals surface area contributed by atoms with E-state index in [0.717, 1.165) is 22.6 Å². The van der Waals surface area contributed by atoms with Gasteiger partial charge in [0.2, 0.25) is 0 Å².